The average Bonchev–Trinajstić information content (AvgIpc) is 2.37. The van der Waals surface area contributed by atoms with E-state index in [4.69, 9.17) is 5.73 Å². The molecule has 1 aromatic carbocycles. The van der Waals surface area contributed by atoms with Crippen LogP contribution in [0.4, 0.5) is 32.2 Å². The summed E-state index contributed by atoms with van der Waals surface area (Å²) in [5, 5.41) is 0. The molecule has 2 rings (SSSR count). The molecule has 0 saturated carbocycles. The van der Waals surface area contributed by atoms with Gasteiger partial charge in [-0.3, -0.25) is 0 Å². The summed E-state index contributed by atoms with van der Waals surface area (Å²) in [5.74, 6) is -0.268. The lowest BCUT2D eigenvalue weighted by molar-refractivity contribution is -0.138. The molecule has 0 fully saturated rings. The molecule has 2 nitrogen and oxygen atoms in total. The Bertz CT molecular complexity index is 642. The number of aryl methyl sites for hydroxylation is 1. The molecule has 0 spiro atoms. The van der Waals surface area contributed by atoms with Crippen molar-refractivity contribution < 1.29 is 26.3 Å². The van der Waals surface area contributed by atoms with Crippen LogP contribution in [0.5, 0.6) is 0 Å². The first-order valence-corrected chi connectivity index (χ1v) is 6.01. The molecule has 0 aliphatic heterocycles. The van der Waals surface area contributed by atoms with E-state index < -0.39 is 23.5 Å². The largest absolute Gasteiger partial charge is 0.417 e. The summed E-state index contributed by atoms with van der Waals surface area (Å²) < 4.78 is 76.4. The highest BCUT2D eigenvalue weighted by molar-refractivity contribution is 5.77. The fourth-order valence-electron chi connectivity index (χ4n) is 1.93. The van der Waals surface area contributed by atoms with Crippen LogP contribution < -0.4 is 5.73 Å². The lowest BCUT2D eigenvalue weighted by Crippen LogP contribution is -2.08. The number of hydrogen-bond acceptors (Lipinski definition) is 2. The number of hydrogen-bond donors (Lipinski definition) is 1. The van der Waals surface area contributed by atoms with Gasteiger partial charge in [0.1, 0.15) is 5.82 Å². The normalized spacial score (nSPS) is 12.5. The summed E-state index contributed by atoms with van der Waals surface area (Å²) in [4.78, 5) is 3.43. The maximum atomic E-state index is 12.8. The molecule has 0 aliphatic rings. The topological polar surface area (TPSA) is 38.9 Å². The molecule has 0 aliphatic carbocycles. The standard InChI is InChI=1S/C14H10F6N2/c1-7-2-3-8(13(15,16)17)4-10(7)11-5-9(14(18,19)20)6-22-12(11)21/h2-6H,1H3,(H2,21,22). The molecule has 22 heavy (non-hydrogen) atoms. The minimum absolute atomic E-state index is 0.0362. The summed E-state index contributed by atoms with van der Waals surface area (Å²) in [5.41, 5.74) is 3.63. The second-order valence-electron chi connectivity index (χ2n) is 4.68. The van der Waals surface area contributed by atoms with E-state index in [1.807, 2.05) is 0 Å². The molecular weight excluding hydrogens is 310 g/mol. The number of rotatable bonds is 1. The first kappa shape index (κ1) is 16.1. The summed E-state index contributed by atoms with van der Waals surface area (Å²) in [7, 11) is 0. The van der Waals surface area contributed by atoms with Gasteiger partial charge in [-0.1, -0.05) is 6.07 Å². The Labute approximate surface area is 121 Å². The van der Waals surface area contributed by atoms with Crippen LogP contribution in [-0.2, 0) is 12.4 Å². The van der Waals surface area contributed by atoms with Gasteiger partial charge in [-0.15, -0.1) is 0 Å². The molecule has 0 atom stereocenters. The Morgan fingerprint density at radius 1 is 0.864 bits per heavy atom. The van der Waals surface area contributed by atoms with Crippen molar-refractivity contribution in [2.24, 2.45) is 0 Å². The first-order valence-electron chi connectivity index (χ1n) is 6.01. The van der Waals surface area contributed by atoms with Gasteiger partial charge in [0.15, 0.2) is 0 Å². The van der Waals surface area contributed by atoms with Crippen molar-refractivity contribution in [2.75, 3.05) is 5.73 Å². The van der Waals surface area contributed by atoms with E-state index in [-0.39, 0.29) is 16.9 Å². The molecule has 0 bridgehead atoms. The van der Waals surface area contributed by atoms with Crippen LogP contribution in [0.15, 0.2) is 30.5 Å². The van der Waals surface area contributed by atoms with Crippen LogP contribution in [-0.4, -0.2) is 4.98 Å². The van der Waals surface area contributed by atoms with Gasteiger partial charge in [0.05, 0.1) is 11.1 Å². The zero-order valence-corrected chi connectivity index (χ0v) is 11.2. The fraction of sp³-hybridized carbons (Fsp3) is 0.214. The summed E-state index contributed by atoms with van der Waals surface area (Å²) >= 11 is 0. The molecule has 2 N–H and O–H groups in total. The molecule has 0 unspecified atom stereocenters. The summed E-state index contributed by atoms with van der Waals surface area (Å²) in [6.45, 7) is 1.48. The second-order valence-corrected chi connectivity index (χ2v) is 4.68. The van der Waals surface area contributed by atoms with Crippen LogP contribution in [0, 0.1) is 6.92 Å². The van der Waals surface area contributed by atoms with Gasteiger partial charge in [0.25, 0.3) is 0 Å². The van der Waals surface area contributed by atoms with Crippen molar-refractivity contribution in [1.82, 2.24) is 4.98 Å². The molecule has 0 saturated heterocycles. The van der Waals surface area contributed by atoms with Crippen molar-refractivity contribution in [2.45, 2.75) is 19.3 Å². The molecule has 1 aromatic heterocycles. The van der Waals surface area contributed by atoms with Crippen molar-refractivity contribution in [3.63, 3.8) is 0 Å². The van der Waals surface area contributed by atoms with Crippen LogP contribution >= 0.6 is 0 Å². The van der Waals surface area contributed by atoms with Gasteiger partial charge in [-0.25, -0.2) is 4.98 Å². The van der Waals surface area contributed by atoms with Gasteiger partial charge in [-0.05, 0) is 36.2 Å². The minimum Gasteiger partial charge on any atom is -0.383 e. The van der Waals surface area contributed by atoms with E-state index >= 15 is 0 Å². The minimum atomic E-state index is -4.66. The third kappa shape index (κ3) is 3.15. The van der Waals surface area contributed by atoms with Gasteiger partial charge in [-0.2, -0.15) is 26.3 Å². The number of anilines is 1. The zero-order chi connectivity index (χ0) is 16.7. The van der Waals surface area contributed by atoms with Crippen molar-refractivity contribution in [1.29, 1.82) is 0 Å². The Hall–Kier alpha value is -2.25. The third-order valence-corrected chi connectivity index (χ3v) is 3.10. The zero-order valence-electron chi connectivity index (χ0n) is 11.2. The number of pyridine rings is 1. The van der Waals surface area contributed by atoms with E-state index in [2.05, 4.69) is 4.98 Å². The van der Waals surface area contributed by atoms with Crippen molar-refractivity contribution >= 4 is 5.82 Å². The molecule has 8 heteroatoms. The van der Waals surface area contributed by atoms with E-state index in [0.29, 0.717) is 17.8 Å². The Kier molecular flexibility index (Phi) is 3.80. The second kappa shape index (κ2) is 5.19. The van der Waals surface area contributed by atoms with Crippen molar-refractivity contribution in [3.05, 3.63) is 47.2 Å². The monoisotopic (exact) mass is 320 g/mol. The van der Waals surface area contributed by atoms with Crippen LogP contribution in [0.3, 0.4) is 0 Å². The number of nitrogen functional groups attached to an aromatic ring is 1. The Morgan fingerprint density at radius 2 is 1.41 bits per heavy atom. The van der Waals surface area contributed by atoms with E-state index in [9.17, 15) is 26.3 Å². The van der Waals surface area contributed by atoms with Gasteiger partial charge >= 0.3 is 12.4 Å². The number of aromatic nitrogens is 1. The molecule has 2 aromatic rings. The van der Waals surface area contributed by atoms with E-state index in [0.717, 1.165) is 12.1 Å². The highest BCUT2D eigenvalue weighted by atomic mass is 19.4. The van der Waals surface area contributed by atoms with Gasteiger partial charge < -0.3 is 5.73 Å². The molecule has 1 heterocycles. The van der Waals surface area contributed by atoms with E-state index in [1.165, 1.54) is 13.0 Å². The predicted octanol–water partition coefficient (Wildman–Crippen LogP) is 4.68. The lowest BCUT2D eigenvalue weighted by atomic mass is 9.97. The first-order chi connectivity index (χ1) is 10.00. The number of alkyl halides is 6. The molecule has 0 amide bonds. The maximum Gasteiger partial charge on any atom is 0.417 e. The highest BCUT2D eigenvalue weighted by Crippen LogP contribution is 2.37. The van der Waals surface area contributed by atoms with Gasteiger partial charge in [0.2, 0.25) is 0 Å². The Morgan fingerprint density at radius 3 is 1.95 bits per heavy atom. The number of benzene rings is 1. The number of nitrogens with two attached hydrogens (primary N) is 1. The SMILES string of the molecule is Cc1ccc(C(F)(F)F)cc1-c1cc(C(F)(F)F)cnc1N. The maximum absolute atomic E-state index is 12.8. The van der Waals surface area contributed by atoms with Crippen LogP contribution in [0.25, 0.3) is 11.1 Å². The summed E-state index contributed by atoms with van der Waals surface area (Å²) in [6, 6.07) is 3.50. The lowest BCUT2D eigenvalue weighted by Gasteiger charge is -2.14. The predicted molar refractivity (Wildman–Crippen MR) is 68.8 cm³/mol. The van der Waals surface area contributed by atoms with Crippen molar-refractivity contribution in [3.8, 4) is 11.1 Å². The van der Waals surface area contributed by atoms with Gasteiger partial charge in [0, 0.05) is 11.8 Å². The average molecular weight is 320 g/mol. The van der Waals surface area contributed by atoms with Crippen LogP contribution in [0.2, 0.25) is 0 Å². The van der Waals surface area contributed by atoms with Crippen LogP contribution in [0.1, 0.15) is 16.7 Å². The summed E-state index contributed by atoms with van der Waals surface area (Å²) in [6.07, 6.45) is -8.72. The quantitative estimate of drug-likeness (QED) is 0.775. The number of halogens is 6. The molecule has 118 valence electrons. The Balaban J connectivity index is 2.66. The smallest absolute Gasteiger partial charge is 0.383 e. The molecular formula is C14H10F6N2. The third-order valence-electron chi connectivity index (χ3n) is 3.10. The van der Waals surface area contributed by atoms with E-state index in [1.54, 1.807) is 0 Å². The number of nitrogens with zero attached hydrogens (tertiary/aromatic N) is 1. The molecule has 0 radical (unpaired) electrons. The fourth-order valence-corrected chi connectivity index (χ4v) is 1.93. The highest BCUT2D eigenvalue weighted by Gasteiger charge is 2.33.